The third kappa shape index (κ3) is 14.1. The van der Waals surface area contributed by atoms with Gasteiger partial charge in [0.2, 0.25) is 17.7 Å². The van der Waals surface area contributed by atoms with Crippen molar-refractivity contribution >= 4 is 41.5 Å². The van der Waals surface area contributed by atoms with Crippen molar-refractivity contribution in [2.75, 3.05) is 53.7 Å². The first-order valence-electron chi connectivity index (χ1n) is 29.2. The van der Waals surface area contributed by atoms with E-state index < -0.39 is 22.2 Å². The number of carbonyl (C=O) groups excluding carboxylic acids is 3. The molecule has 4 saturated heterocycles. The van der Waals surface area contributed by atoms with Crippen LogP contribution in [0.3, 0.4) is 0 Å². The summed E-state index contributed by atoms with van der Waals surface area (Å²) in [5.41, 5.74) is 4.74. The number of aliphatic hydroxyl groups is 2. The van der Waals surface area contributed by atoms with Crippen molar-refractivity contribution in [3.63, 3.8) is 0 Å². The minimum atomic E-state index is -0.694. The predicted molar refractivity (Wildman–Crippen MR) is 314 cm³/mol. The van der Waals surface area contributed by atoms with Crippen molar-refractivity contribution in [2.45, 2.75) is 236 Å². The lowest BCUT2D eigenvalue weighted by Gasteiger charge is -2.52. The van der Waals surface area contributed by atoms with Gasteiger partial charge in [-0.25, -0.2) is 0 Å². The molecule has 0 radical (unpaired) electrons. The summed E-state index contributed by atoms with van der Waals surface area (Å²) in [5.74, 6) is -0.241. The van der Waals surface area contributed by atoms with E-state index >= 15 is 0 Å². The lowest BCUT2D eigenvalue weighted by Crippen LogP contribution is -2.62. The highest BCUT2D eigenvalue weighted by atomic mass is 32.0. The molecular weight excluding hydrogens is 1070 g/mol. The third-order valence-corrected chi connectivity index (χ3v) is 20.6. The van der Waals surface area contributed by atoms with E-state index in [1.165, 1.54) is 11.1 Å². The van der Waals surface area contributed by atoms with Crippen LogP contribution in [0, 0.1) is 43.4 Å². The number of nitrogens with one attached hydrogen (secondary N) is 3. The number of carboxylic acid groups (broad SMARTS) is 1. The zero-order valence-electron chi connectivity index (χ0n) is 48.6. The first-order valence-corrected chi connectivity index (χ1v) is 31.8. The van der Waals surface area contributed by atoms with Gasteiger partial charge in [0.1, 0.15) is 11.2 Å². The molecule has 19 nitrogen and oxygen atoms in total. The van der Waals surface area contributed by atoms with Crippen LogP contribution in [-0.4, -0.2) is 152 Å². The van der Waals surface area contributed by atoms with Crippen molar-refractivity contribution in [3.05, 3.63) is 33.2 Å². The van der Waals surface area contributed by atoms with Crippen molar-refractivity contribution in [1.82, 2.24) is 16.0 Å². The second-order valence-electron chi connectivity index (χ2n) is 25.5. The quantitative estimate of drug-likeness (QED) is 0.0289. The summed E-state index contributed by atoms with van der Waals surface area (Å²) in [7, 11) is 8.15. The van der Waals surface area contributed by atoms with E-state index in [2.05, 4.69) is 87.5 Å². The minimum Gasteiger partial charge on any atom is -0.481 e. The van der Waals surface area contributed by atoms with Crippen molar-refractivity contribution in [1.29, 1.82) is 0 Å². The Balaban J connectivity index is 0.000000255. The Morgan fingerprint density at radius 1 is 0.600 bits per heavy atom. The van der Waals surface area contributed by atoms with E-state index in [9.17, 15) is 24.3 Å². The van der Waals surface area contributed by atoms with Crippen LogP contribution in [-0.2, 0) is 47.6 Å². The normalized spacial score (nSPS) is 40.6. The lowest BCUT2D eigenvalue weighted by molar-refractivity contribution is -0.164. The van der Waals surface area contributed by atoms with Gasteiger partial charge in [-0.1, -0.05) is 30.7 Å². The number of aliphatic hydroxyl groups excluding tert-OH is 2. The Morgan fingerprint density at radius 2 is 0.938 bits per heavy atom. The highest BCUT2D eigenvalue weighted by Gasteiger charge is 2.73. The first-order chi connectivity index (χ1) is 37.6. The molecule has 2 unspecified atom stereocenters. The van der Waals surface area contributed by atoms with E-state index in [4.69, 9.17) is 54.3 Å². The van der Waals surface area contributed by atoms with Crippen LogP contribution in [0.5, 0.6) is 0 Å². The maximum Gasteiger partial charge on any atom is 0.309 e. The van der Waals surface area contributed by atoms with Crippen LogP contribution in [0.15, 0.2) is 23.3 Å². The fraction of sp³-hybridized carbons (Fsp3) is 0.864. The number of aliphatic carboxylic acids is 1. The van der Waals surface area contributed by atoms with E-state index in [0.29, 0.717) is 58.0 Å². The molecule has 4 heterocycles. The van der Waals surface area contributed by atoms with Crippen molar-refractivity contribution in [3.8, 4) is 0 Å². The molecule has 4 bridgehead atoms. The summed E-state index contributed by atoms with van der Waals surface area (Å²) in [6.07, 6.45) is 19.2. The molecule has 14 atom stereocenters. The molecule has 12 aliphatic rings. The lowest BCUT2D eigenvalue weighted by atomic mass is 9.53. The molecule has 80 heavy (non-hydrogen) atoms. The fourth-order valence-electron chi connectivity index (χ4n) is 15.2. The third-order valence-electron chi connectivity index (χ3n) is 20.6. The Bertz CT molecular complexity index is 2120. The number of allylic oxidation sites excluding steroid dienone is 2. The smallest absolute Gasteiger partial charge is 0.309 e. The number of amides is 3. The highest BCUT2D eigenvalue weighted by molar-refractivity contribution is 7.92. The second-order valence-corrected chi connectivity index (χ2v) is 25.5. The molecule has 8 saturated carbocycles. The molecule has 12 rings (SSSR count). The molecule has 12 fully saturated rings. The number of methoxy groups -OCH3 is 2. The summed E-state index contributed by atoms with van der Waals surface area (Å²) in [5, 5.41) is 36.5. The number of carbonyl (C=O) groups is 4. The van der Waals surface area contributed by atoms with Gasteiger partial charge in [-0.05, 0) is 177 Å². The largest absolute Gasteiger partial charge is 0.481 e. The minimum absolute atomic E-state index is 0. The van der Waals surface area contributed by atoms with Gasteiger partial charge in [0.25, 0.3) is 0 Å². The molecule has 0 aromatic carbocycles. The molecule has 458 valence electrons. The molecule has 8 aliphatic carbocycles. The van der Waals surface area contributed by atoms with E-state index in [0.717, 1.165) is 96.7 Å². The molecule has 8 N–H and O–H groups in total. The SMILES string of the molecule is C.CO[C@@H]1[C@H](NC(=O)C23CCC(C(=O)NCCCO)(CC2)CC3)CC[C@]2(CO2)[C@H]1[C@@]1(C)O[C@@H]1CC=C(C)C.CO[C@@H]1[C@H](NC(=O)C23CCC(C(=O)O)(CC2)CC3)CC[C@]2(CO2)[C@H]1[C@@]1(C)O[C@@H]1CC=C(C)C.NCCCO.O=O.PP. The molecular formula is C59H102N4O15P2. The average Bonchev–Trinajstić information content (AvgIpc) is 4.44. The number of ether oxygens (including phenoxy) is 6. The summed E-state index contributed by atoms with van der Waals surface area (Å²) in [4.78, 5) is 66.1. The van der Waals surface area contributed by atoms with Gasteiger partial charge in [0.05, 0.1) is 66.3 Å². The molecule has 3 amide bonds. The topological polar surface area (TPSA) is 294 Å². The van der Waals surface area contributed by atoms with E-state index in [-0.39, 0.29) is 115 Å². The van der Waals surface area contributed by atoms with Gasteiger partial charge in [-0.2, -0.15) is 0 Å². The number of hydrogen-bond donors (Lipinski definition) is 7. The number of carboxylic acids is 1. The van der Waals surface area contributed by atoms with Gasteiger partial charge < -0.3 is 65.4 Å². The Morgan fingerprint density at radius 3 is 1.21 bits per heavy atom. The van der Waals surface area contributed by atoms with Crippen LogP contribution < -0.4 is 21.7 Å². The molecule has 0 aromatic rings. The molecule has 21 heteroatoms. The Hall–Kier alpha value is -2.54. The summed E-state index contributed by atoms with van der Waals surface area (Å²) >= 11 is 0. The predicted octanol–water partition coefficient (Wildman–Crippen LogP) is 7.30. The molecule has 0 aromatic heterocycles. The van der Waals surface area contributed by atoms with Crippen LogP contribution in [0.25, 0.3) is 0 Å². The zero-order valence-corrected chi connectivity index (χ0v) is 50.9. The molecule has 2 spiro atoms. The Kier molecular flexibility index (Phi) is 24.0. The monoisotopic (exact) mass is 1170 g/mol. The van der Waals surface area contributed by atoms with Crippen LogP contribution in [0.4, 0.5) is 0 Å². The molecule has 4 aliphatic heterocycles. The Labute approximate surface area is 481 Å². The number of fused-ring (bicyclic) bond motifs is 6. The summed E-state index contributed by atoms with van der Waals surface area (Å²) in [6, 6.07) is -0.165. The first kappa shape index (κ1) is 68.2. The van der Waals surface area contributed by atoms with Gasteiger partial charge in [-0.15, -0.1) is 17.9 Å². The van der Waals surface area contributed by atoms with Crippen molar-refractivity contribution in [2.24, 2.45) is 39.2 Å². The summed E-state index contributed by atoms with van der Waals surface area (Å²) in [6.45, 7) is 15.7. The fourth-order valence-corrected chi connectivity index (χ4v) is 15.2. The van der Waals surface area contributed by atoms with Gasteiger partial charge in [-0.3, -0.25) is 19.2 Å². The van der Waals surface area contributed by atoms with Crippen LogP contribution >= 0.6 is 17.9 Å². The average molecular weight is 1170 g/mol. The number of rotatable bonds is 19. The van der Waals surface area contributed by atoms with Crippen LogP contribution in [0.2, 0.25) is 0 Å². The number of epoxide rings is 4. The van der Waals surface area contributed by atoms with Crippen molar-refractivity contribution < 1.29 is 62.9 Å². The standard InChI is InChI=1S/C29H46N2O6.C26H39NO6.C3H9NO.CH4.O2.H4P2/c1-19(2)6-7-21-26(3,37-21)23-22(35-4)20(8-9-29(23)18-36-29)31-25(34)28-13-10-27(11-14-28,12-15-28)24(33)30-16-5-17-32;1-16(2)5-6-18-23(3,33-18)20-19(31-4)17(7-8-26(20)15-32-26)27-21(28)24-9-12-25(13-10-24,14-11-24)22(29)30;4-2-1-3-5;;2*1-2/h6,20-23,32H,5,7-18H2,1-4H3,(H,30,33)(H,31,34);5,17-20H,6-15H2,1-4H3,(H,27,28)(H,29,30);5H,1-4H2;1H4;;1-2H2/t20-,21-,22-,23-,26+,27?,28?,29+;17-,18-,19-,20-,23+,24?,25?,26+;;;;/m11..../s1. The van der Waals surface area contributed by atoms with E-state index in [1.54, 1.807) is 14.2 Å². The van der Waals surface area contributed by atoms with Gasteiger partial charge in [0, 0.05) is 72.0 Å². The maximum atomic E-state index is 13.8. The maximum absolute atomic E-state index is 13.8. The van der Waals surface area contributed by atoms with Crippen LogP contribution in [0.1, 0.15) is 177 Å². The van der Waals surface area contributed by atoms with E-state index in [1.807, 2.05) is 0 Å². The second kappa shape index (κ2) is 28.1. The number of nitrogens with two attached hydrogens (primary N) is 1. The number of hydrogen-bond acceptors (Lipinski definition) is 15. The van der Waals surface area contributed by atoms with Gasteiger partial charge in [0.15, 0.2) is 0 Å². The highest BCUT2D eigenvalue weighted by Crippen LogP contribution is 2.63. The summed E-state index contributed by atoms with van der Waals surface area (Å²) < 4.78 is 36.9. The zero-order chi connectivity index (χ0) is 58.2. The van der Waals surface area contributed by atoms with Gasteiger partial charge >= 0.3 is 5.97 Å².